The maximum absolute atomic E-state index is 8.72. The first kappa shape index (κ1) is 29.0. The Kier molecular flexibility index (Phi) is 9.70. The fraction of sp³-hybridized carbons (Fsp3) is 0.214. The van der Waals surface area contributed by atoms with Crippen LogP contribution in [-0.4, -0.2) is 54.6 Å². The van der Waals surface area contributed by atoms with E-state index in [0.29, 0.717) is 23.8 Å². The zero-order valence-electron chi connectivity index (χ0n) is 22.1. The molecule has 0 spiro atoms. The van der Waals surface area contributed by atoms with Gasteiger partial charge in [0.05, 0.1) is 33.1 Å². The number of rotatable bonds is 4. The second kappa shape index (κ2) is 13.4. The number of ether oxygens (including phenoxy) is 4. The van der Waals surface area contributed by atoms with Crippen LogP contribution in [0, 0.1) is 0 Å². The summed E-state index contributed by atoms with van der Waals surface area (Å²) >= 11 is 3.37. The number of halogens is 1. The summed E-state index contributed by atoms with van der Waals surface area (Å²) in [7, 11) is 1.61. The second-order valence-electron chi connectivity index (χ2n) is 8.73. The van der Waals surface area contributed by atoms with Crippen molar-refractivity contribution in [2.45, 2.75) is 12.8 Å². The Morgan fingerprint density at radius 2 is 1.38 bits per heavy atom. The summed E-state index contributed by atoms with van der Waals surface area (Å²) in [6.07, 6.45) is 4.97. The minimum absolute atomic E-state index is 0.371. The molecule has 0 amide bonds. The molecule has 208 valence electrons. The molecule has 6 N–H and O–H groups in total. The Morgan fingerprint density at radius 3 is 2.00 bits per heavy atom. The van der Waals surface area contributed by atoms with Gasteiger partial charge < -0.3 is 40.5 Å². The first-order chi connectivity index (χ1) is 19.3. The van der Waals surface area contributed by atoms with Crippen molar-refractivity contribution in [1.82, 2.24) is 9.97 Å². The molecule has 0 atom stereocenters. The van der Waals surface area contributed by atoms with Crippen LogP contribution in [0.25, 0.3) is 11.1 Å². The van der Waals surface area contributed by atoms with E-state index >= 15 is 0 Å². The molecule has 0 saturated carbocycles. The van der Waals surface area contributed by atoms with E-state index in [0.717, 1.165) is 69.0 Å². The van der Waals surface area contributed by atoms with E-state index in [1.54, 1.807) is 13.3 Å². The highest BCUT2D eigenvalue weighted by atomic mass is 79.9. The molecule has 4 aromatic rings. The summed E-state index contributed by atoms with van der Waals surface area (Å²) < 4.78 is 21.7. The van der Waals surface area contributed by atoms with Crippen molar-refractivity contribution in [3.05, 3.63) is 76.5 Å². The largest absolute Gasteiger partial charge is 0.493 e. The van der Waals surface area contributed by atoms with Gasteiger partial charge in [-0.15, -0.1) is 0 Å². The standard InChI is InChI=1S/C14H14N2O2.C8H8BrNO.C6H8BNO3/c1-17-13-8-9(4-6-16-13)10-2-3-12-11(14(10)15)5-7-18-12;9-6-1-2-7-5(8(6)10)3-4-11-7;1-11-6-4-5(7(9)10)2-3-8-6/h2-4,6,8H,5,7,15H2,1H3;1-2H,3-4,10H2;2-4,9-10H,1H3. The van der Waals surface area contributed by atoms with Crippen LogP contribution in [0.15, 0.2) is 65.4 Å². The molecule has 12 heteroatoms. The number of nitrogens with two attached hydrogens (primary N) is 2. The van der Waals surface area contributed by atoms with Gasteiger partial charge in [0.1, 0.15) is 11.5 Å². The molecule has 2 aromatic heterocycles. The van der Waals surface area contributed by atoms with Gasteiger partial charge in [0.2, 0.25) is 11.8 Å². The van der Waals surface area contributed by atoms with Crippen molar-refractivity contribution in [3.63, 3.8) is 0 Å². The van der Waals surface area contributed by atoms with Crippen LogP contribution in [0.4, 0.5) is 11.4 Å². The molecule has 40 heavy (non-hydrogen) atoms. The fourth-order valence-electron chi connectivity index (χ4n) is 4.21. The van der Waals surface area contributed by atoms with Gasteiger partial charge in [-0.25, -0.2) is 9.97 Å². The minimum Gasteiger partial charge on any atom is -0.493 e. The van der Waals surface area contributed by atoms with Crippen molar-refractivity contribution in [1.29, 1.82) is 0 Å². The van der Waals surface area contributed by atoms with Crippen LogP contribution in [0.1, 0.15) is 11.1 Å². The lowest BCUT2D eigenvalue weighted by atomic mass is 9.81. The summed E-state index contributed by atoms with van der Waals surface area (Å²) in [6, 6.07) is 14.6. The van der Waals surface area contributed by atoms with Crippen LogP contribution in [-0.2, 0) is 12.8 Å². The lowest BCUT2D eigenvalue weighted by molar-refractivity contribution is 0.356. The average Bonchev–Trinajstić information content (AvgIpc) is 3.67. The number of fused-ring (bicyclic) bond motifs is 2. The number of nitrogen functional groups attached to an aromatic ring is 2. The second-order valence-corrected chi connectivity index (χ2v) is 9.58. The van der Waals surface area contributed by atoms with Gasteiger partial charge in [0.25, 0.3) is 0 Å². The van der Waals surface area contributed by atoms with E-state index in [2.05, 4.69) is 25.9 Å². The summed E-state index contributed by atoms with van der Waals surface area (Å²) in [5.41, 5.74) is 18.3. The Morgan fingerprint density at radius 1 is 0.800 bits per heavy atom. The van der Waals surface area contributed by atoms with E-state index in [-0.39, 0.29) is 0 Å². The number of methoxy groups -OCH3 is 2. The average molecular weight is 609 g/mol. The number of benzene rings is 2. The highest BCUT2D eigenvalue weighted by Crippen LogP contribution is 2.38. The lowest BCUT2D eigenvalue weighted by Gasteiger charge is -2.10. The smallest absolute Gasteiger partial charge is 0.488 e. The van der Waals surface area contributed by atoms with E-state index in [1.807, 2.05) is 36.4 Å². The van der Waals surface area contributed by atoms with E-state index in [1.165, 1.54) is 25.4 Å². The van der Waals surface area contributed by atoms with Gasteiger partial charge in [0.15, 0.2) is 0 Å². The van der Waals surface area contributed by atoms with E-state index < -0.39 is 7.12 Å². The first-order valence-corrected chi connectivity index (χ1v) is 13.2. The third-order valence-electron chi connectivity index (χ3n) is 6.32. The third-order valence-corrected chi connectivity index (χ3v) is 7.01. The molecule has 10 nitrogen and oxygen atoms in total. The number of nitrogens with zero attached hydrogens (tertiary/aromatic N) is 2. The molecule has 0 saturated heterocycles. The first-order valence-electron chi connectivity index (χ1n) is 12.4. The van der Waals surface area contributed by atoms with Crippen molar-refractivity contribution in [2.75, 3.05) is 38.9 Å². The Hall–Kier alpha value is -4.00. The van der Waals surface area contributed by atoms with Gasteiger partial charge in [0, 0.05) is 64.2 Å². The predicted molar refractivity (Wildman–Crippen MR) is 158 cm³/mol. The molecule has 2 aliphatic rings. The molecular formula is C28H30BBrN4O6. The molecule has 2 aliphatic heterocycles. The molecule has 0 radical (unpaired) electrons. The van der Waals surface area contributed by atoms with Gasteiger partial charge >= 0.3 is 7.12 Å². The molecule has 0 bridgehead atoms. The molecule has 0 unspecified atom stereocenters. The Bertz CT molecular complexity index is 1470. The normalized spacial score (nSPS) is 12.3. The maximum atomic E-state index is 8.72. The number of aromatic nitrogens is 2. The third kappa shape index (κ3) is 6.76. The molecule has 4 heterocycles. The quantitative estimate of drug-likeness (QED) is 0.201. The molecule has 0 fully saturated rings. The van der Waals surface area contributed by atoms with Crippen LogP contribution in [0.2, 0.25) is 0 Å². The molecular weight excluding hydrogens is 579 g/mol. The predicted octanol–water partition coefficient (Wildman–Crippen LogP) is 3.01. The Balaban J connectivity index is 0.000000146. The summed E-state index contributed by atoms with van der Waals surface area (Å²) in [5, 5.41) is 17.4. The maximum Gasteiger partial charge on any atom is 0.488 e. The molecule has 0 aliphatic carbocycles. The minimum atomic E-state index is -1.47. The Labute approximate surface area is 241 Å². The van der Waals surface area contributed by atoms with E-state index in [9.17, 15) is 0 Å². The van der Waals surface area contributed by atoms with Crippen molar-refractivity contribution in [2.24, 2.45) is 0 Å². The number of hydrogen-bond donors (Lipinski definition) is 4. The van der Waals surface area contributed by atoms with Crippen LogP contribution in [0.5, 0.6) is 23.3 Å². The van der Waals surface area contributed by atoms with E-state index in [4.69, 9.17) is 40.5 Å². The number of anilines is 2. The van der Waals surface area contributed by atoms with Crippen molar-refractivity contribution >= 4 is 39.9 Å². The monoisotopic (exact) mass is 608 g/mol. The summed E-state index contributed by atoms with van der Waals surface area (Å²) in [4.78, 5) is 7.89. The zero-order valence-corrected chi connectivity index (χ0v) is 23.7. The van der Waals surface area contributed by atoms with Crippen LogP contribution < -0.4 is 35.9 Å². The summed E-state index contributed by atoms with van der Waals surface area (Å²) in [5.74, 6) is 2.79. The SMILES string of the molecule is COc1cc(-c2ccc3c(c2N)CCO3)ccn1.COc1cc(B(O)O)ccn1.Nc1c(Br)ccc2c1CCO2. The van der Waals surface area contributed by atoms with Gasteiger partial charge in [-0.2, -0.15) is 0 Å². The fourth-order valence-corrected chi connectivity index (χ4v) is 4.58. The molecule has 2 aromatic carbocycles. The number of hydrogen-bond acceptors (Lipinski definition) is 10. The summed E-state index contributed by atoms with van der Waals surface area (Å²) in [6.45, 7) is 1.47. The van der Waals surface area contributed by atoms with Crippen molar-refractivity contribution < 1.29 is 29.0 Å². The topological polar surface area (TPSA) is 155 Å². The highest BCUT2D eigenvalue weighted by molar-refractivity contribution is 9.10. The highest BCUT2D eigenvalue weighted by Gasteiger charge is 2.18. The van der Waals surface area contributed by atoms with Crippen LogP contribution in [0.3, 0.4) is 0 Å². The molecule has 6 rings (SSSR count). The lowest BCUT2D eigenvalue weighted by Crippen LogP contribution is -2.29. The van der Waals surface area contributed by atoms with Gasteiger partial charge in [-0.1, -0.05) is 0 Å². The number of pyridine rings is 2. The van der Waals surface area contributed by atoms with Crippen molar-refractivity contribution in [3.8, 4) is 34.4 Å². The van der Waals surface area contributed by atoms with Gasteiger partial charge in [-0.3, -0.25) is 0 Å². The zero-order chi connectivity index (χ0) is 28.6. The van der Waals surface area contributed by atoms with Crippen LogP contribution >= 0.6 is 15.9 Å². The van der Waals surface area contributed by atoms with Gasteiger partial charge in [-0.05, 0) is 63.4 Å².